The van der Waals surface area contributed by atoms with Crippen LogP contribution in [0.25, 0.3) is 0 Å². The van der Waals surface area contributed by atoms with Gasteiger partial charge in [-0.15, -0.1) is 0 Å². The number of Topliss-reactive ketones (excluding diaryl/α,β-unsaturated/α-hetero) is 1. The van der Waals surface area contributed by atoms with Crippen molar-refractivity contribution in [1.29, 1.82) is 5.26 Å². The molecule has 1 aliphatic heterocycles. The Kier molecular flexibility index (Phi) is 9.84. The van der Waals surface area contributed by atoms with Crippen LogP contribution in [0.1, 0.15) is 74.8 Å². The van der Waals surface area contributed by atoms with E-state index in [0.717, 1.165) is 25.7 Å². The number of aliphatic hydroxyl groups excluding tert-OH is 2. The minimum atomic E-state index is -1.24. The Hall–Kier alpha value is -2.01. The molecule has 5 nitrogen and oxygen atoms in total. The third-order valence-corrected chi connectivity index (χ3v) is 8.93. The van der Waals surface area contributed by atoms with Crippen LogP contribution in [0.4, 0.5) is 4.39 Å². The average molecular weight is 562 g/mol. The van der Waals surface area contributed by atoms with Crippen LogP contribution in [-0.4, -0.2) is 40.8 Å². The van der Waals surface area contributed by atoms with Gasteiger partial charge in [-0.2, -0.15) is 5.26 Å². The van der Waals surface area contributed by atoms with Crippen molar-refractivity contribution in [3.63, 3.8) is 0 Å². The van der Waals surface area contributed by atoms with Crippen LogP contribution in [0.3, 0.4) is 0 Å². The Morgan fingerprint density at radius 2 is 1.87 bits per heavy atom. The second-order valence-corrected chi connectivity index (χ2v) is 11.6. The fraction of sp³-hybridized carbons (Fsp3) is 0.533. The highest BCUT2D eigenvalue weighted by molar-refractivity contribution is 6.31. The van der Waals surface area contributed by atoms with E-state index in [9.17, 15) is 15.2 Å². The fourth-order valence-corrected chi connectivity index (χ4v) is 6.78. The highest BCUT2D eigenvalue weighted by atomic mass is 35.5. The van der Waals surface area contributed by atoms with Crippen LogP contribution in [0.2, 0.25) is 10.0 Å². The smallest absolute Gasteiger partial charge is 0.150 e. The first kappa shape index (κ1) is 29.0. The molecule has 0 unspecified atom stereocenters. The van der Waals surface area contributed by atoms with Gasteiger partial charge >= 0.3 is 0 Å². The molecule has 38 heavy (non-hydrogen) atoms. The van der Waals surface area contributed by atoms with Gasteiger partial charge in [-0.3, -0.25) is 4.79 Å². The van der Waals surface area contributed by atoms with Gasteiger partial charge in [0.1, 0.15) is 17.0 Å². The van der Waals surface area contributed by atoms with Crippen LogP contribution in [-0.2, 0) is 10.2 Å². The zero-order valence-electron chi connectivity index (χ0n) is 21.4. The maximum atomic E-state index is 15.7. The number of hydrogen-bond acceptors (Lipinski definition) is 5. The topological polar surface area (TPSA) is 93.4 Å². The minimum absolute atomic E-state index is 0.0570. The summed E-state index contributed by atoms with van der Waals surface area (Å²) >= 11 is 12.4. The zero-order chi connectivity index (χ0) is 27.3. The molecular formula is C30H35Cl2FN2O3. The number of rotatable bonds is 10. The van der Waals surface area contributed by atoms with Crippen molar-refractivity contribution in [2.45, 2.75) is 87.3 Å². The predicted molar refractivity (Wildman–Crippen MR) is 147 cm³/mol. The van der Waals surface area contributed by atoms with Gasteiger partial charge in [0.15, 0.2) is 0 Å². The molecule has 2 fully saturated rings. The average Bonchev–Trinajstić information content (AvgIpc) is 3.25. The van der Waals surface area contributed by atoms with Crippen molar-refractivity contribution in [2.75, 3.05) is 6.61 Å². The molecule has 1 heterocycles. The monoisotopic (exact) mass is 560 g/mol. The number of aliphatic hydroxyl groups is 2. The van der Waals surface area contributed by atoms with Crippen molar-refractivity contribution < 1.29 is 19.4 Å². The Labute approximate surface area is 234 Å². The molecule has 1 aliphatic carbocycles. The third-order valence-electron chi connectivity index (χ3n) is 8.39. The van der Waals surface area contributed by atoms with Gasteiger partial charge in [-0.05, 0) is 54.5 Å². The molecule has 1 saturated carbocycles. The number of nitrogens with zero attached hydrogens (tertiary/aromatic N) is 1. The molecule has 0 aromatic heterocycles. The molecule has 0 amide bonds. The minimum Gasteiger partial charge on any atom is -0.394 e. The highest BCUT2D eigenvalue weighted by Crippen LogP contribution is 2.52. The Bertz CT molecular complexity index is 1150. The van der Waals surface area contributed by atoms with Gasteiger partial charge in [0.25, 0.3) is 0 Å². The molecule has 1 saturated heterocycles. The number of carbonyl (C=O) groups is 1. The summed E-state index contributed by atoms with van der Waals surface area (Å²) in [5.41, 5.74) is -0.312. The van der Waals surface area contributed by atoms with Crippen LogP contribution in [0.15, 0.2) is 42.5 Å². The number of hydrogen-bond donors (Lipinski definition) is 3. The van der Waals surface area contributed by atoms with Gasteiger partial charge in [0.05, 0.1) is 29.8 Å². The lowest BCUT2D eigenvalue weighted by molar-refractivity contribution is -0.121. The number of nitriles is 1. The maximum Gasteiger partial charge on any atom is 0.150 e. The number of halogens is 3. The van der Waals surface area contributed by atoms with Crippen LogP contribution in [0.5, 0.6) is 0 Å². The molecule has 2 aliphatic rings. The Morgan fingerprint density at radius 1 is 1.16 bits per heavy atom. The zero-order valence-corrected chi connectivity index (χ0v) is 22.9. The summed E-state index contributed by atoms with van der Waals surface area (Å²) in [5.74, 6) is -1.20. The number of ketones is 1. The summed E-state index contributed by atoms with van der Waals surface area (Å²) < 4.78 is 15.7. The van der Waals surface area contributed by atoms with Crippen LogP contribution in [0, 0.1) is 23.1 Å². The fourth-order valence-electron chi connectivity index (χ4n) is 6.48. The summed E-state index contributed by atoms with van der Waals surface area (Å²) in [6.07, 6.45) is 6.18. The molecular weight excluding hydrogens is 526 g/mol. The number of nitrogens with one attached hydrogen (secondary N) is 1. The van der Waals surface area contributed by atoms with Crippen molar-refractivity contribution in [2.24, 2.45) is 5.92 Å². The Balaban J connectivity index is 1.82. The van der Waals surface area contributed by atoms with E-state index in [-0.39, 0.29) is 35.8 Å². The lowest BCUT2D eigenvalue weighted by Gasteiger charge is -2.37. The molecule has 2 aromatic rings. The summed E-state index contributed by atoms with van der Waals surface area (Å²) in [6, 6.07) is 13.2. The maximum absolute atomic E-state index is 15.7. The van der Waals surface area contributed by atoms with Gasteiger partial charge < -0.3 is 15.5 Å². The molecule has 0 bridgehead atoms. The SMILES string of the molecule is N#C[C@]1(c2ccc(Cl)cc2)[C@H](CC2CCCCC2)N[C@H](C(=O)CCC[C@H](O)CO)[C@@H]1c1cccc(Cl)c1F. The van der Waals surface area contributed by atoms with E-state index in [1.807, 2.05) is 0 Å². The molecule has 204 valence electrons. The van der Waals surface area contributed by atoms with E-state index in [1.165, 1.54) is 12.5 Å². The largest absolute Gasteiger partial charge is 0.394 e. The lowest BCUT2D eigenvalue weighted by Crippen LogP contribution is -2.43. The van der Waals surface area contributed by atoms with Crippen molar-refractivity contribution >= 4 is 29.0 Å². The third kappa shape index (κ3) is 5.93. The second kappa shape index (κ2) is 12.9. The van der Waals surface area contributed by atoms with Gasteiger partial charge in [-0.1, -0.05) is 79.6 Å². The Morgan fingerprint density at radius 3 is 2.53 bits per heavy atom. The molecule has 3 N–H and O–H groups in total. The molecule has 8 heteroatoms. The molecule has 5 atom stereocenters. The number of carbonyl (C=O) groups excluding carboxylic acids is 1. The normalized spacial score (nSPS) is 26.7. The van der Waals surface area contributed by atoms with E-state index >= 15 is 4.39 Å². The standard InChI is InChI=1S/C30H35Cl2FN2O3/c31-21-14-12-20(13-15-21)30(18-34)26(16-19-6-2-1-3-7-19)35-29(25(38)11-4-8-22(37)17-36)27(30)23-9-5-10-24(32)28(23)33/h5,9-10,12-15,19,22,26-27,29,35-37H,1-4,6-8,11,16-17H2/t22-,26-,27-,29+,30-/m0/s1. The van der Waals surface area contributed by atoms with E-state index in [4.69, 9.17) is 28.3 Å². The molecule has 0 spiro atoms. The highest BCUT2D eigenvalue weighted by Gasteiger charge is 2.59. The van der Waals surface area contributed by atoms with E-state index in [2.05, 4.69) is 11.4 Å². The summed E-state index contributed by atoms with van der Waals surface area (Å²) in [7, 11) is 0. The molecule has 4 rings (SSSR count). The van der Waals surface area contributed by atoms with Crippen molar-refractivity contribution in [3.8, 4) is 6.07 Å². The first-order valence-electron chi connectivity index (χ1n) is 13.5. The predicted octanol–water partition coefficient (Wildman–Crippen LogP) is 6.08. The van der Waals surface area contributed by atoms with E-state index in [0.29, 0.717) is 29.3 Å². The molecule has 2 aromatic carbocycles. The van der Waals surface area contributed by atoms with Crippen molar-refractivity contribution in [3.05, 3.63) is 69.5 Å². The van der Waals surface area contributed by atoms with E-state index in [1.54, 1.807) is 36.4 Å². The van der Waals surface area contributed by atoms with Crippen LogP contribution < -0.4 is 5.32 Å². The number of benzene rings is 2. The quantitative estimate of drug-likeness (QED) is 0.327. The van der Waals surface area contributed by atoms with Gasteiger partial charge in [-0.25, -0.2) is 4.39 Å². The summed E-state index contributed by atoms with van der Waals surface area (Å²) in [6.45, 7) is -0.371. The van der Waals surface area contributed by atoms with Gasteiger partial charge in [0, 0.05) is 23.4 Å². The van der Waals surface area contributed by atoms with E-state index < -0.39 is 35.3 Å². The summed E-state index contributed by atoms with van der Waals surface area (Å²) in [5, 5.41) is 33.8. The summed E-state index contributed by atoms with van der Waals surface area (Å²) in [4.78, 5) is 13.7. The molecule has 0 radical (unpaired) electrons. The first-order chi connectivity index (χ1) is 18.3. The van der Waals surface area contributed by atoms with Crippen molar-refractivity contribution in [1.82, 2.24) is 5.32 Å². The lowest BCUT2D eigenvalue weighted by atomic mass is 9.63. The second-order valence-electron chi connectivity index (χ2n) is 10.7. The first-order valence-corrected chi connectivity index (χ1v) is 14.3. The van der Waals surface area contributed by atoms with Crippen LogP contribution >= 0.6 is 23.2 Å². The van der Waals surface area contributed by atoms with Gasteiger partial charge in [0.2, 0.25) is 0 Å².